The van der Waals surface area contributed by atoms with Crippen molar-refractivity contribution in [2.75, 3.05) is 45.2 Å². The molecule has 3 rings (SSSR count). The number of rotatable bonds is 12. The topological polar surface area (TPSA) is 94.2 Å². The molecule has 0 unspecified atom stereocenters. The number of carbonyl (C=O) groups excluding carboxylic acids is 3. The van der Waals surface area contributed by atoms with Gasteiger partial charge in [0.15, 0.2) is 0 Å². The quantitative estimate of drug-likeness (QED) is 0.369. The Morgan fingerprint density at radius 3 is 2.26 bits per heavy atom. The molecule has 11 heteroatoms. The monoisotopic (exact) mass is 581 g/mol. The second-order valence-electron chi connectivity index (χ2n) is 9.54. The number of esters is 1. The summed E-state index contributed by atoms with van der Waals surface area (Å²) in [5.41, 5.74) is 4.42. The number of amides is 2. The molecule has 2 amide bonds. The molecule has 0 aliphatic carbocycles. The van der Waals surface area contributed by atoms with Gasteiger partial charge < -0.3 is 20.3 Å². The Labute approximate surface area is 244 Å². The predicted molar refractivity (Wildman–Crippen MR) is 158 cm³/mol. The smallest absolute Gasteiger partial charge is 0.338 e. The van der Waals surface area contributed by atoms with Gasteiger partial charge in [0, 0.05) is 45.0 Å². The summed E-state index contributed by atoms with van der Waals surface area (Å²) < 4.78 is 5.08. The van der Waals surface area contributed by atoms with Crippen LogP contribution in [0, 0.1) is 6.92 Å². The molecular weight excluding hydrogens is 541 g/mol. The van der Waals surface area contributed by atoms with Crippen LogP contribution in [0.15, 0.2) is 42.5 Å². The van der Waals surface area contributed by atoms with Crippen LogP contribution in [0.3, 0.4) is 0 Å². The lowest BCUT2D eigenvalue weighted by molar-refractivity contribution is -0.151. The van der Waals surface area contributed by atoms with E-state index >= 15 is 0 Å². The van der Waals surface area contributed by atoms with Crippen LogP contribution in [-0.4, -0.2) is 78.6 Å². The van der Waals surface area contributed by atoms with Crippen LogP contribution >= 0.6 is 24.8 Å². The maximum absolute atomic E-state index is 13.2. The van der Waals surface area contributed by atoms with Gasteiger partial charge in [-0.1, -0.05) is 44.2 Å². The van der Waals surface area contributed by atoms with E-state index in [4.69, 9.17) is 4.74 Å². The molecule has 1 aliphatic heterocycles. The zero-order valence-electron chi connectivity index (χ0n) is 23.4. The lowest BCUT2D eigenvalue weighted by Crippen LogP contribution is -2.49. The van der Waals surface area contributed by atoms with Gasteiger partial charge >= 0.3 is 5.97 Å². The maximum Gasteiger partial charge on any atom is 0.338 e. The second-order valence-corrected chi connectivity index (χ2v) is 9.54. The number of halogens is 2. The average molecular weight is 583 g/mol. The van der Waals surface area contributed by atoms with Crippen molar-refractivity contribution >= 4 is 48.3 Å². The minimum Gasteiger partial charge on any atom is -0.462 e. The normalized spacial score (nSPS) is 12.2. The number of fused-ring (bicyclic) bond motifs is 1. The molecule has 0 fully saturated rings. The van der Waals surface area contributed by atoms with Crippen molar-refractivity contribution in [1.82, 2.24) is 20.2 Å². The summed E-state index contributed by atoms with van der Waals surface area (Å²) >= 11 is 0. The number of aryl methyl sites for hydroxylation is 1. The molecule has 216 valence electrons. The third kappa shape index (κ3) is 9.69. The summed E-state index contributed by atoms with van der Waals surface area (Å²) in [6.07, 6.45) is 0. The first kappa shape index (κ1) is 34.2. The first-order valence-electron chi connectivity index (χ1n) is 12.8. The van der Waals surface area contributed by atoms with Gasteiger partial charge in [-0.2, -0.15) is 0 Å². The average Bonchev–Trinajstić information content (AvgIpc) is 3.31. The van der Waals surface area contributed by atoms with Crippen molar-refractivity contribution in [1.29, 1.82) is 0 Å². The number of hydrazine groups is 1. The molecule has 2 N–H and O–H groups in total. The molecular formula is C28H41Cl2N5O4. The highest BCUT2D eigenvalue weighted by atomic mass is 35.5. The van der Waals surface area contributed by atoms with E-state index in [0.717, 1.165) is 5.56 Å². The Bertz CT molecular complexity index is 1090. The zero-order chi connectivity index (χ0) is 26.9. The molecule has 0 radical (unpaired) electrons. The fraction of sp³-hybridized carbons (Fsp3) is 0.464. The van der Waals surface area contributed by atoms with Crippen LogP contribution in [0.1, 0.15) is 47.8 Å². The summed E-state index contributed by atoms with van der Waals surface area (Å²) in [6.45, 7) is 10.3. The Hall–Kier alpha value is -2.85. The van der Waals surface area contributed by atoms with Crippen molar-refractivity contribution in [3.8, 4) is 0 Å². The van der Waals surface area contributed by atoms with Crippen molar-refractivity contribution in [3.05, 3.63) is 64.7 Å². The van der Waals surface area contributed by atoms with E-state index in [9.17, 15) is 14.4 Å². The molecule has 0 saturated heterocycles. The molecule has 2 aromatic carbocycles. The lowest BCUT2D eigenvalue weighted by atomic mass is 10.1. The fourth-order valence-corrected chi connectivity index (χ4v) is 4.17. The van der Waals surface area contributed by atoms with E-state index in [1.54, 1.807) is 36.0 Å². The summed E-state index contributed by atoms with van der Waals surface area (Å²) in [7, 11) is 1.76. The molecule has 0 aromatic heterocycles. The summed E-state index contributed by atoms with van der Waals surface area (Å²) in [5, 5.41) is 10.1. The third-order valence-electron chi connectivity index (χ3n) is 6.40. The Kier molecular flexibility index (Phi) is 14.3. The van der Waals surface area contributed by atoms with Crippen LogP contribution in [0.25, 0.3) is 0 Å². The van der Waals surface area contributed by atoms with Crippen LogP contribution < -0.4 is 10.6 Å². The molecule has 0 saturated carbocycles. The van der Waals surface area contributed by atoms with E-state index in [0.29, 0.717) is 44.0 Å². The van der Waals surface area contributed by atoms with E-state index < -0.39 is 5.97 Å². The first-order chi connectivity index (χ1) is 17.7. The molecule has 0 bridgehead atoms. The highest BCUT2D eigenvalue weighted by Crippen LogP contribution is 2.23. The fourth-order valence-electron chi connectivity index (χ4n) is 4.17. The van der Waals surface area contributed by atoms with Crippen molar-refractivity contribution < 1.29 is 19.1 Å². The van der Waals surface area contributed by atoms with Crippen LogP contribution in [-0.2, 0) is 27.4 Å². The first-order valence-corrected chi connectivity index (χ1v) is 12.8. The number of carbonyl (C=O) groups is 3. The molecule has 0 atom stereocenters. The Morgan fingerprint density at radius 2 is 1.67 bits per heavy atom. The van der Waals surface area contributed by atoms with Crippen LogP contribution in [0.2, 0.25) is 0 Å². The number of anilines is 1. The third-order valence-corrected chi connectivity index (χ3v) is 6.40. The molecule has 9 nitrogen and oxygen atoms in total. The maximum atomic E-state index is 13.2. The second kappa shape index (κ2) is 16.3. The van der Waals surface area contributed by atoms with Gasteiger partial charge in [-0.25, -0.2) is 9.80 Å². The number of nitrogens with one attached hydrogen (secondary N) is 2. The summed E-state index contributed by atoms with van der Waals surface area (Å²) in [4.78, 5) is 40.1. The van der Waals surface area contributed by atoms with E-state index in [1.165, 1.54) is 11.1 Å². The van der Waals surface area contributed by atoms with Crippen molar-refractivity contribution in [2.24, 2.45) is 0 Å². The van der Waals surface area contributed by atoms with E-state index in [-0.39, 0.29) is 55.8 Å². The van der Waals surface area contributed by atoms with Gasteiger partial charge in [-0.05, 0) is 42.7 Å². The SMILES string of the molecule is CCOC(=O)c1ccc(C)c(NCC(=O)N(CCNC(C)C)CC(=O)N(C)N2Cc3ccccc3C2)c1.Cl.Cl. The van der Waals surface area contributed by atoms with Crippen LogP contribution in [0.4, 0.5) is 5.69 Å². The molecule has 0 spiro atoms. The number of likely N-dealkylation sites (N-methyl/N-ethyl adjacent to an activating group) is 1. The van der Waals surface area contributed by atoms with Gasteiger partial charge in [0.25, 0.3) is 5.91 Å². The molecule has 1 aliphatic rings. The van der Waals surface area contributed by atoms with Crippen molar-refractivity contribution in [2.45, 2.75) is 46.8 Å². The largest absolute Gasteiger partial charge is 0.462 e. The lowest BCUT2D eigenvalue weighted by Gasteiger charge is -2.31. The van der Waals surface area contributed by atoms with Crippen LogP contribution in [0.5, 0.6) is 0 Å². The summed E-state index contributed by atoms with van der Waals surface area (Å²) in [5.74, 6) is -0.750. The number of nitrogens with zero attached hydrogens (tertiary/aromatic N) is 3. The highest BCUT2D eigenvalue weighted by molar-refractivity contribution is 5.91. The number of hydrogen-bond acceptors (Lipinski definition) is 7. The minimum absolute atomic E-state index is 0. The molecule has 1 heterocycles. The van der Waals surface area contributed by atoms with Gasteiger partial charge in [0.2, 0.25) is 5.91 Å². The van der Waals surface area contributed by atoms with Gasteiger partial charge in [-0.3, -0.25) is 14.6 Å². The predicted octanol–water partition coefficient (Wildman–Crippen LogP) is 3.64. The van der Waals surface area contributed by atoms with Gasteiger partial charge in [0.1, 0.15) is 6.54 Å². The van der Waals surface area contributed by atoms with E-state index in [2.05, 4.69) is 22.8 Å². The number of benzene rings is 2. The summed E-state index contributed by atoms with van der Waals surface area (Å²) in [6, 6.07) is 13.6. The Morgan fingerprint density at radius 1 is 1.03 bits per heavy atom. The van der Waals surface area contributed by atoms with E-state index in [1.807, 2.05) is 44.0 Å². The standard InChI is InChI=1S/C28H39N5O4.2ClH/c1-6-37-28(36)22-12-11-21(4)25(15-22)30-16-26(34)32(14-13-29-20(2)3)19-27(35)31(5)33-17-23-9-7-8-10-24(23)18-33;;/h7-12,15,20,29-30H,6,13-14,16-19H2,1-5H3;2*1H. The Balaban J connectivity index is 0.00000380. The molecule has 39 heavy (non-hydrogen) atoms. The number of ether oxygens (including phenoxy) is 1. The minimum atomic E-state index is -0.407. The molecule has 2 aromatic rings. The number of hydrogen-bond donors (Lipinski definition) is 2. The zero-order valence-corrected chi connectivity index (χ0v) is 25.0. The van der Waals surface area contributed by atoms with Gasteiger partial charge in [0.05, 0.1) is 18.7 Å². The van der Waals surface area contributed by atoms with Gasteiger partial charge in [-0.15, -0.1) is 24.8 Å². The highest BCUT2D eigenvalue weighted by Gasteiger charge is 2.27. The van der Waals surface area contributed by atoms with Crippen molar-refractivity contribution in [3.63, 3.8) is 0 Å².